The van der Waals surface area contributed by atoms with Gasteiger partial charge in [0.15, 0.2) is 0 Å². The molecule has 4 heteroatoms. The fourth-order valence-electron chi connectivity index (χ4n) is 4.98. The molecule has 31 heavy (non-hydrogen) atoms. The minimum atomic E-state index is -0.504. The molecular formula is C27H30O4. The number of ether oxygens (including phenoxy) is 2. The van der Waals surface area contributed by atoms with Crippen molar-refractivity contribution in [3.05, 3.63) is 71.8 Å². The molecule has 2 bridgehead atoms. The fourth-order valence-corrected chi connectivity index (χ4v) is 4.98. The molecule has 0 heterocycles. The Morgan fingerprint density at radius 1 is 0.742 bits per heavy atom. The van der Waals surface area contributed by atoms with Crippen molar-refractivity contribution in [2.75, 3.05) is 0 Å². The SMILES string of the molecule is CCCc1ccccc1OC(=O)C1C2C=CC(C2)C1C(=O)Oc1ccccc1CCC. The monoisotopic (exact) mass is 418 g/mol. The number of rotatable bonds is 8. The van der Waals surface area contributed by atoms with Crippen molar-refractivity contribution >= 4 is 11.9 Å². The summed E-state index contributed by atoms with van der Waals surface area (Å²) in [7, 11) is 0. The van der Waals surface area contributed by atoms with E-state index in [9.17, 15) is 9.59 Å². The molecule has 162 valence electrons. The second kappa shape index (κ2) is 9.51. The van der Waals surface area contributed by atoms with Crippen molar-refractivity contribution in [2.24, 2.45) is 23.7 Å². The summed E-state index contributed by atoms with van der Waals surface area (Å²) in [5.74, 6) is -0.416. The van der Waals surface area contributed by atoms with Crippen LogP contribution in [0.25, 0.3) is 0 Å². The number of hydrogen-bond donors (Lipinski definition) is 0. The Labute approximate surface area is 184 Å². The molecule has 0 saturated heterocycles. The Kier molecular flexibility index (Phi) is 6.55. The van der Waals surface area contributed by atoms with E-state index in [1.165, 1.54) is 0 Å². The highest BCUT2D eigenvalue weighted by molar-refractivity contribution is 5.86. The summed E-state index contributed by atoms with van der Waals surface area (Å²) < 4.78 is 11.7. The smallest absolute Gasteiger partial charge is 0.315 e. The highest BCUT2D eigenvalue weighted by atomic mass is 16.5. The maximum atomic E-state index is 13.2. The number of hydrogen-bond acceptors (Lipinski definition) is 4. The van der Waals surface area contributed by atoms with Crippen LogP contribution in [0.3, 0.4) is 0 Å². The first-order chi connectivity index (χ1) is 15.1. The lowest BCUT2D eigenvalue weighted by Crippen LogP contribution is -2.37. The second-order valence-corrected chi connectivity index (χ2v) is 8.56. The summed E-state index contributed by atoms with van der Waals surface area (Å²) in [6, 6.07) is 15.3. The van der Waals surface area contributed by atoms with Crippen LogP contribution in [-0.2, 0) is 22.4 Å². The van der Waals surface area contributed by atoms with Gasteiger partial charge in [-0.05, 0) is 54.4 Å². The molecule has 2 aliphatic rings. The van der Waals surface area contributed by atoms with Crippen molar-refractivity contribution in [3.63, 3.8) is 0 Å². The predicted molar refractivity (Wildman–Crippen MR) is 120 cm³/mol. The Bertz CT molecular complexity index is 899. The van der Waals surface area contributed by atoms with Gasteiger partial charge in [-0.1, -0.05) is 75.2 Å². The zero-order valence-electron chi connectivity index (χ0n) is 18.3. The van der Waals surface area contributed by atoms with Crippen LogP contribution in [0.1, 0.15) is 44.2 Å². The van der Waals surface area contributed by atoms with Crippen LogP contribution in [0.15, 0.2) is 60.7 Å². The number of allylic oxidation sites excluding steroid dienone is 2. The van der Waals surface area contributed by atoms with Crippen LogP contribution in [0, 0.1) is 23.7 Å². The molecule has 4 rings (SSSR count). The Morgan fingerprint density at radius 3 is 1.58 bits per heavy atom. The molecule has 0 amide bonds. The van der Waals surface area contributed by atoms with E-state index in [-0.39, 0.29) is 23.8 Å². The molecule has 0 spiro atoms. The van der Waals surface area contributed by atoms with E-state index in [4.69, 9.17) is 9.47 Å². The van der Waals surface area contributed by atoms with Crippen LogP contribution in [0.5, 0.6) is 11.5 Å². The normalized spacial score (nSPS) is 23.7. The summed E-state index contributed by atoms with van der Waals surface area (Å²) in [5, 5.41) is 0. The summed E-state index contributed by atoms with van der Waals surface area (Å²) in [6.45, 7) is 4.20. The molecule has 0 radical (unpaired) electrons. The van der Waals surface area contributed by atoms with Gasteiger partial charge in [0, 0.05) is 0 Å². The molecule has 2 aliphatic carbocycles. The van der Waals surface area contributed by atoms with Crippen molar-refractivity contribution in [1.82, 2.24) is 0 Å². The van der Waals surface area contributed by atoms with Gasteiger partial charge in [0.1, 0.15) is 11.5 Å². The number of carbonyl (C=O) groups is 2. The average molecular weight is 419 g/mol. The molecule has 4 atom stereocenters. The van der Waals surface area contributed by atoms with Crippen LogP contribution in [0.4, 0.5) is 0 Å². The van der Waals surface area contributed by atoms with E-state index in [1.807, 2.05) is 48.5 Å². The molecule has 1 fully saturated rings. The first kappa shape index (κ1) is 21.4. The van der Waals surface area contributed by atoms with E-state index in [0.717, 1.165) is 43.2 Å². The minimum absolute atomic E-state index is 0.0271. The molecule has 0 N–H and O–H groups in total. The number of fused-ring (bicyclic) bond motifs is 2. The summed E-state index contributed by atoms with van der Waals surface area (Å²) in [6.07, 6.45) is 8.55. The zero-order chi connectivity index (χ0) is 21.8. The molecule has 2 aromatic carbocycles. The van der Waals surface area contributed by atoms with E-state index in [1.54, 1.807) is 0 Å². The summed E-state index contributed by atoms with van der Waals surface area (Å²) >= 11 is 0. The van der Waals surface area contributed by atoms with E-state index >= 15 is 0 Å². The van der Waals surface area contributed by atoms with E-state index in [2.05, 4.69) is 26.0 Å². The number of esters is 2. The third-order valence-corrected chi connectivity index (χ3v) is 6.41. The minimum Gasteiger partial charge on any atom is -0.426 e. The first-order valence-corrected chi connectivity index (χ1v) is 11.4. The lowest BCUT2D eigenvalue weighted by molar-refractivity contribution is -0.151. The molecular weight excluding hydrogens is 388 g/mol. The molecule has 4 unspecified atom stereocenters. The Morgan fingerprint density at radius 2 is 1.16 bits per heavy atom. The van der Waals surface area contributed by atoms with Crippen LogP contribution in [0.2, 0.25) is 0 Å². The van der Waals surface area contributed by atoms with Gasteiger partial charge in [-0.15, -0.1) is 0 Å². The number of aryl methyl sites for hydroxylation is 2. The topological polar surface area (TPSA) is 52.6 Å². The van der Waals surface area contributed by atoms with E-state index < -0.39 is 11.8 Å². The van der Waals surface area contributed by atoms with Crippen molar-refractivity contribution in [2.45, 2.75) is 46.0 Å². The van der Waals surface area contributed by atoms with E-state index in [0.29, 0.717) is 11.5 Å². The summed E-state index contributed by atoms with van der Waals surface area (Å²) in [5.41, 5.74) is 2.04. The van der Waals surface area contributed by atoms with Crippen molar-refractivity contribution in [1.29, 1.82) is 0 Å². The van der Waals surface area contributed by atoms with Gasteiger partial charge in [0.05, 0.1) is 11.8 Å². The molecule has 2 aromatic rings. The lowest BCUT2D eigenvalue weighted by Gasteiger charge is -2.25. The van der Waals surface area contributed by atoms with Crippen LogP contribution in [-0.4, -0.2) is 11.9 Å². The number of benzene rings is 2. The number of carbonyl (C=O) groups excluding carboxylic acids is 2. The van der Waals surface area contributed by atoms with Crippen molar-refractivity contribution in [3.8, 4) is 11.5 Å². The fraction of sp³-hybridized carbons (Fsp3) is 0.407. The first-order valence-electron chi connectivity index (χ1n) is 11.4. The maximum absolute atomic E-state index is 13.2. The van der Waals surface area contributed by atoms with Gasteiger partial charge in [-0.2, -0.15) is 0 Å². The Balaban J connectivity index is 1.53. The highest BCUT2D eigenvalue weighted by Gasteiger charge is 2.53. The van der Waals surface area contributed by atoms with Gasteiger partial charge in [-0.25, -0.2) is 0 Å². The Hall–Kier alpha value is -2.88. The standard InChI is InChI=1S/C27H30O4/c1-3-9-18-11-5-7-13-22(18)30-26(28)24-20-15-16-21(17-20)25(24)27(29)31-23-14-8-6-12-19(23)10-4-2/h5-8,11-16,20-21,24-25H,3-4,9-10,17H2,1-2H3. The zero-order valence-corrected chi connectivity index (χ0v) is 18.3. The lowest BCUT2D eigenvalue weighted by atomic mass is 9.83. The second-order valence-electron chi connectivity index (χ2n) is 8.56. The third-order valence-electron chi connectivity index (χ3n) is 6.41. The maximum Gasteiger partial charge on any atom is 0.315 e. The quantitative estimate of drug-likeness (QED) is 0.321. The molecule has 0 aromatic heterocycles. The molecule has 4 nitrogen and oxygen atoms in total. The average Bonchev–Trinajstić information content (AvgIpc) is 3.39. The van der Waals surface area contributed by atoms with Gasteiger partial charge >= 0.3 is 11.9 Å². The molecule has 1 saturated carbocycles. The van der Waals surface area contributed by atoms with Gasteiger partial charge in [0.25, 0.3) is 0 Å². The predicted octanol–water partition coefficient (Wildman–Crippen LogP) is 5.54. The van der Waals surface area contributed by atoms with Gasteiger partial charge in [-0.3, -0.25) is 9.59 Å². The highest BCUT2D eigenvalue weighted by Crippen LogP contribution is 2.49. The third kappa shape index (κ3) is 4.43. The van der Waals surface area contributed by atoms with Gasteiger partial charge in [0.2, 0.25) is 0 Å². The van der Waals surface area contributed by atoms with Crippen LogP contribution < -0.4 is 9.47 Å². The van der Waals surface area contributed by atoms with Gasteiger partial charge < -0.3 is 9.47 Å². The largest absolute Gasteiger partial charge is 0.426 e. The van der Waals surface area contributed by atoms with Crippen LogP contribution >= 0.6 is 0 Å². The summed E-state index contributed by atoms with van der Waals surface area (Å²) in [4.78, 5) is 26.5. The van der Waals surface area contributed by atoms with Crippen molar-refractivity contribution < 1.29 is 19.1 Å². The molecule has 0 aliphatic heterocycles. The number of para-hydroxylation sites is 2.